The monoisotopic (exact) mass is 329 g/mol. The first kappa shape index (κ1) is 15.4. The van der Waals surface area contributed by atoms with E-state index in [1.807, 2.05) is 82.8 Å². The highest BCUT2D eigenvalue weighted by atomic mass is 16.3. The fourth-order valence-electron chi connectivity index (χ4n) is 2.92. The van der Waals surface area contributed by atoms with Crippen molar-refractivity contribution >= 4 is 11.3 Å². The number of allylic oxidation sites excluding steroid dienone is 2. The Morgan fingerprint density at radius 2 is 1.68 bits per heavy atom. The quantitative estimate of drug-likeness (QED) is 0.794. The Balaban J connectivity index is 1.58. The van der Waals surface area contributed by atoms with Crippen LogP contribution in [0.3, 0.4) is 0 Å². The summed E-state index contributed by atoms with van der Waals surface area (Å²) in [6, 6.07) is 20.1. The Bertz CT molecular complexity index is 897. The van der Waals surface area contributed by atoms with Crippen LogP contribution in [0.1, 0.15) is 11.1 Å². The van der Waals surface area contributed by atoms with Crippen LogP contribution < -0.4 is 4.90 Å². The van der Waals surface area contributed by atoms with Gasteiger partial charge in [0.15, 0.2) is 0 Å². The number of rotatable bonds is 4. The van der Waals surface area contributed by atoms with Gasteiger partial charge in [-0.25, -0.2) is 0 Å². The number of para-hydroxylation sites is 1. The number of hydrogen-bond donors (Lipinski definition) is 1. The second-order valence-corrected chi connectivity index (χ2v) is 6.01. The summed E-state index contributed by atoms with van der Waals surface area (Å²) in [5.74, 6) is 0. The average Bonchev–Trinajstić information content (AvgIpc) is 3.12. The molecule has 1 N–H and O–H groups in total. The van der Waals surface area contributed by atoms with E-state index in [0.717, 1.165) is 23.4 Å². The van der Waals surface area contributed by atoms with Gasteiger partial charge < -0.3 is 10.0 Å². The van der Waals surface area contributed by atoms with Crippen molar-refractivity contribution in [3.05, 3.63) is 103 Å². The Morgan fingerprint density at radius 3 is 2.44 bits per heavy atom. The van der Waals surface area contributed by atoms with Crippen LogP contribution in [-0.4, -0.2) is 21.1 Å². The zero-order chi connectivity index (χ0) is 17.1. The third kappa shape index (κ3) is 3.39. The summed E-state index contributed by atoms with van der Waals surface area (Å²) in [6.45, 7) is 0.739. The van der Waals surface area contributed by atoms with E-state index in [2.05, 4.69) is 17.2 Å². The molecule has 4 heteroatoms. The Morgan fingerprint density at radius 1 is 0.960 bits per heavy atom. The van der Waals surface area contributed by atoms with Crippen LogP contribution in [0.15, 0.2) is 91.4 Å². The van der Waals surface area contributed by atoms with Gasteiger partial charge in [-0.1, -0.05) is 54.6 Å². The average molecular weight is 329 g/mol. The molecule has 124 valence electrons. The van der Waals surface area contributed by atoms with Gasteiger partial charge in [-0.2, -0.15) is 5.10 Å². The summed E-state index contributed by atoms with van der Waals surface area (Å²) in [5.41, 5.74) is 4.22. The van der Waals surface area contributed by atoms with Crippen molar-refractivity contribution in [1.82, 2.24) is 9.78 Å². The van der Waals surface area contributed by atoms with Gasteiger partial charge in [0.05, 0.1) is 12.7 Å². The molecule has 4 nitrogen and oxygen atoms in total. The molecule has 0 amide bonds. The lowest BCUT2D eigenvalue weighted by atomic mass is 10.1. The maximum absolute atomic E-state index is 10.3. The highest BCUT2D eigenvalue weighted by Crippen LogP contribution is 2.26. The minimum Gasteiger partial charge on any atom is -0.370 e. The lowest BCUT2D eigenvalue weighted by Crippen LogP contribution is -2.30. The van der Waals surface area contributed by atoms with Gasteiger partial charge in [-0.3, -0.25) is 4.68 Å². The summed E-state index contributed by atoms with van der Waals surface area (Å²) in [7, 11) is 0. The van der Waals surface area contributed by atoms with Crippen LogP contribution in [0, 0.1) is 0 Å². The number of nitrogens with zero attached hydrogens (tertiary/aromatic N) is 3. The Labute approximate surface area is 147 Å². The molecular weight excluding hydrogens is 310 g/mol. The molecule has 0 radical (unpaired) electrons. The van der Waals surface area contributed by atoms with E-state index in [1.54, 1.807) is 6.08 Å². The van der Waals surface area contributed by atoms with Crippen molar-refractivity contribution in [2.24, 2.45) is 0 Å². The predicted molar refractivity (Wildman–Crippen MR) is 99.8 cm³/mol. The molecule has 0 saturated carbocycles. The SMILES string of the molecule is OC1C=CC(c2cnn(Cc3ccccc3)c2)=CN1c1ccccc1. The smallest absolute Gasteiger partial charge is 0.150 e. The molecule has 0 bridgehead atoms. The number of hydrogen-bond acceptors (Lipinski definition) is 3. The van der Waals surface area contributed by atoms with Crippen molar-refractivity contribution in [2.45, 2.75) is 12.8 Å². The zero-order valence-electron chi connectivity index (χ0n) is 13.7. The topological polar surface area (TPSA) is 41.3 Å². The second kappa shape index (κ2) is 6.79. The predicted octanol–water partition coefficient (Wildman–Crippen LogP) is 3.67. The summed E-state index contributed by atoms with van der Waals surface area (Å²) < 4.78 is 1.93. The van der Waals surface area contributed by atoms with Crippen molar-refractivity contribution in [1.29, 1.82) is 0 Å². The van der Waals surface area contributed by atoms with Crippen molar-refractivity contribution in [2.75, 3.05) is 4.90 Å². The van der Waals surface area contributed by atoms with Gasteiger partial charge in [-0.15, -0.1) is 0 Å². The maximum Gasteiger partial charge on any atom is 0.150 e. The molecule has 2 aromatic carbocycles. The molecule has 25 heavy (non-hydrogen) atoms. The number of aliphatic hydroxyl groups excluding tert-OH is 1. The molecular formula is C21H19N3O. The van der Waals surface area contributed by atoms with E-state index in [4.69, 9.17) is 0 Å². The Kier molecular flexibility index (Phi) is 4.19. The molecule has 0 saturated heterocycles. The number of aromatic nitrogens is 2. The summed E-state index contributed by atoms with van der Waals surface area (Å²) >= 11 is 0. The third-order valence-corrected chi connectivity index (χ3v) is 4.22. The van der Waals surface area contributed by atoms with Crippen molar-refractivity contribution < 1.29 is 5.11 Å². The molecule has 3 aromatic rings. The number of anilines is 1. The molecule has 1 atom stereocenters. The highest BCUT2D eigenvalue weighted by Gasteiger charge is 2.17. The standard InChI is InChI=1S/C21H19N3O/c25-21-12-11-18(16-24(21)20-9-5-2-6-10-20)19-13-22-23(15-19)14-17-7-3-1-4-8-17/h1-13,15-16,21,25H,14H2. The molecule has 1 aliphatic rings. The van der Waals surface area contributed by atoms with Gasteiger partial charge in [0, 0.05) is 29.2 Å². The largest absolute Gasteiger partial charge is 0.370 e. The van der Waals surface area contributed by atoms with Gasteiger partial charge in [0.2, 0.25) is 0 Å². The minimum absolute atomic E-state index is 0.662. The van der Waals surface area contributed by atoms with E-state index in [9.17, 15) is 5.11 Å². The molecule has 2 heterocycles. The van der Waals surface area contributed by atoms with E-state index >= 15 is 0 Å². The van der Waals surface area contributed by atoms with E-state index < -0.39 is 6.23 Å². The first-order valence-electron chi connectivity index (χ1n) is 8.28. The zero-order valence-corrected chi connectivity index (χ0v) is 13.7. The van der Waals surface area contributed by atoms with Crippen molar-refractivity contribution in [3.8, 4) is 0 Å². The van der Waals surface area contributed by atoms with Crippen molar-refractivity contribution in [3.63, 3.8) is 0 Å². The lowest BCUT2D eigenvalue weighted by molar-refractivity contribution is 0.227. The molecule has 1 aliphatic heterocycles. The molecule has 1 unspecified atom stereocenters. The first-order valence-corrected chi connectivity index (χ1v) is 8.28. The number of aliphatic hydroxyl groups is 1. The van der Waals surface area contributed by atoms with Crippen LogP contribution in [-0.2, 0) is 6.54 Å². The molecule has 1 aromatic heterocycles. The first-order chi connectivity index (χ1) is 12.3. The molecule has 0 spiro atoms. The highest BCUT2D eigenvalue weighted by molar-refractivity contribution is 5.77. The van der Waals surface area contributed by atoms with Crippen LogP contribution in [0.4, 0.5) is 5.69 Å². The summed E-state index contributed by atoms with van der Waals surface area (Å²) in [5, 5.41) is 14.7. The van der Waals surface area contributed by atoms with Crippen LogP contribution in [0.5, 0.6) is 0 Å². The van der Waals surface area contributed by atoms with Crippen LogP contribution in [0.2, 0.25) is 0 Å². The van der Waals surface area contributed by atoms with Gasteiger partial charge in [0.25, 0.3) is 0 Å². The van der Waals surface area contributed by atoms with Crippen LogP contribution >= 0.6 is 0 Å². The van der Waals surface area contributed by atoms with Gasteiger partial charge >= 0.3 is 0 Å². The third-order valence-electron chi connectivity index (χ3n) is 4.22. The van der Waals surface area contributed by atoms with Crippen LogP contribution in [0.25, 0.3) is 5.57 Å². The maximum atomic E-state index is 10.3. The fourth-order valence-corrected chi connectivity index (χ4v) is 2.92. The second-order valence-electron chi connectivity index (χ2n) is 6.01. The van der Waals surface area contributed by atoms with E-state index in [1.165, 1.54) is 5.56 Å². The lowest BCUT2D eigenvalue weighted by Gasteiger charge is -2.28. The van der Waals surface area contributed by atoms with E-state index in [-0.39, 0.29) is 0 Å². The normalized spacial score (nSPS) is 16.8. The van der Waals surface area contributed by atoms with Gasteiger partial charge in [0.1, 0.15) is 6.23 Å². The summed E-state index contributed by atoms with van der Waals surface area (Å²) in [6.07, 6.45) is 8.92. The van der Waals surface area contributed by atoms with E-state index in [0.29, 0.717) is 0 Å². The molecule has 4 rings (SSSR count). The van der Waals surface area contributed by atoms with Gasteiger partial charge in [-0.05, 0) is 23.8 Å². The summed E-state index contributed by atoms with van der Waals surface area (Å²) in [4.78, 5) is 1.85. The molecule has 0 fully saturated rings. The minimum atomic E-state index is -0.662. The fraction of sp³-hybridized carbons (Fsp3) is 0.0952. The number of benzene rings is 2. The molecule has 0 aliphatic carbocycles. The Hall–Kier alpha value is -3.11.